The second kappa shape index (κ2) is 9.09. The fourth-order valence-corrected chi connectivity index (χ4v) is 2.09. The van der Waals surface area contributed by atoms with E-state index in [1.54, 1.807) is 0 Å². The van der Waals surface area contributed by atoms with Gasteiger partial charge in [-0.1, -0.05) is 44.7 Å². The molecule has 102 valence electrons. The predicted molar refractivity (Wildman–Crippen MR) is 76.3 cm³/mol. The third-order valence-electron chi connectivity index (χ3n) is 3.31. The summed E-state index contributed by atoms with van der Waals surface area (Å²) in [6.07, 6.45) is 7.54. The zero-order chi connectivity index (χ0) is 13.2. The minimum absolute atomic E-state index is 0.156. The lowest BCUT2D eigenvalue weighted by Crippen LogP contribution is -2.27. The highest BCUT2D eigenvalue weighted by atomic mass is 19.1. The van der Waals surface area contributed by atoms with Gasteiger partial charge < -0.3 is 5.32 Å². The highest BCUT2D eigenvalue weighted by Gasteiger charge is 2.01. The van der Waals surface area contributed by atoms with Crippen LogP contribution in [0.2, 0.25) is 0 Å². The van der Waals surface area contributed by atoms with Crippen molar-refractivity contribution in [1.29, 1.82) is 0 Å². The van der Waals surface area contributed by atoms with Crippen molar-refractivity contribution >= 4 is 0 Å². The lowest BCUT2D eigenvalue weighted by Gasteiger charge is -2.13. The predicted octanol–water partition coefficient (Wildman–Crippen LogP) is 4.32. The Balaban J connectivity index is 2.07. The summed E-state index contributed by atoms with van der Waals surface area (Å²) in [5.74, 6) is -0.156. The molecule has 0 aromatic heterocycles. The van der Waals surface area contributed by atoms with E-state index in [0.717, 1.165) is 13.0 Å². The maximum Gasteiger partial charge on any atom is 0.123 e. The average molecular weight is 251 g/mol. The molecule has 0 aliphatic carbocycles. The fraction of sp³-hybridized carbons (Fsp3) is 0.625. The van der Waals surface area contributed by atoms with Gasteiger partial charge in [-0.25, -0.2) is 4.39 Å². The van der Waals surface area contributed by atoms with Gasteiger partial charge in [0.05, 0.1) is 0 Å². The lowest BCUT2D eigenvalue weighted by molar-refractivity contribution is 0.486. The van der Waals surface area contributed by atoms with E-state index in [1.807, 2.05) is 12.1 Å². The van der Waals surface area contributed by atoms with Gasteiger partial charge in [0.1, 0.15) is 5.82 Å². The van der Waals surface area contributed by atoms with Crippen LogP contribution in [0.5, 0.6) is 0 Å². The van der Waals surface area contributed by atoms with E-state index in [0.29, 0.717) is 6.04 Å². The van der Waals surface area contributed by atoms with Crippen molar-refractivity contribution in [3.63, 3.8) is 0 Å². The minimum Gasteiger partial charge on any atom is -0.314 e. The van der Waals surface area contributed by atoms with Crippen molar-refractivity contribution in [2.75, 3.05) is 6.54 Å². The zero-order valence-electron chi connectivity index (χ0n) is 11.7. The van der Waals surface area contributed by atoms with E-state index in [9.17, 15) is 4.39 Å². The molecule has 1 nitrogen and oxygen atoms in total. The van der Waals surface area contributed by atoms with Crippen LogP contribution in [0, 0.1) is 5.82 Å². The summed E-state index contributed by atoms with van der Waals surface area (Å²) in [6, 6.07) is 7.38. The maximum absolute atomic E-state index is 12.7. The Morgan fingerprint density at radius 2 is 1.83 bits per heavy atom. The van der Waals surface area contributed by atoms with Gasteiger partial charge in [-0.3, -0.25) is 0 Å². The van der Waals surface area contributed by atoms with Crippen LogP contribution in [0.4, 0.5) is 4.39 Å². The van der Waals surface area contributed by atoms with Gasteiger partial charge in [-0.05, 0) is 44.0 Å². The van der Waals surface area contributed by atoms with E-state index < -0.39 is 0 Å². The molecule has 2 heteroatoms. The van der Waals surface area contributed by atoms with E-state index >= 15 is 0 Å². The first-order valence-electron chi connectivity index (χ1n) is 7.20. The van der Waals surface area contributed by atoms with Crippen molar-refractivity contribution in [1.82, 2.24) is 5.32 Å². The molecule has 1 unspecified atom stereocenters. The van der Waals surface area contributed by atoms with Gasteiger partial charge in [-0.15, -0.1) is 0 Å². The quantitative estimate of drug-likeness (QED) is 0.645. The molecule has 0 aliphatic heterocycles. The monoisotopic (exact) mass is 251 g/mol. The first kappa shape index (κ1) is 15.2. The van der Waals surface area contributed by atoms with E-state index in [4.69, 9.17) is 0 Å². The summed E-state index contributed by atoms with van der Waals surface area (Å²) in [5, 5.41) is 3.53. The highest BCUT2D eigenvalue weighted by Crippen LogP contribution is 2.06. The second-order valence-electron chi connectivity index (χ2n) is 5.08. The van der Waals surface area contributed by atoms with Gasteiger partial charge in [0.15, 0.2) is 0 Å². The molecule has 0 saturated carbocycles. The Bertz CT molecular complexity index is 307. The SMILES string of the molecule is CCCCCCC(C)NCCc1ccc(F)cc1. The lowest BCUT2D eigenvalue weighted by atomic mass is 10.1. The number of unbranched alkanes of at least 4 members (excludes halogenated alkanes) is 3. The molecule has 1 rings (SSSR count). The molecule has 0 bridgehead atoms. The van der Waals surface area contributed by atoms with Crippen molar-refractivity contribution in [2.24, 2.45) is 0 Å². The summed E-state index contributed by atoms with van der Waals surface area (Å²) in [6.45, 7) is 5.46. The third-order valence-corrected chi connectivity index (χ3v) is 3.31. The van der Waals surface area contributed by atoms with Crippen LogP contribution in [0.15, 0.2) is 24.3 Å². The Hall–Kier alpha value is -0.890. The van der Waals surface area contributed by atoms with E-state index in [1.165, 1.54) is 49.8 Å². The summed E-state index contributed by atoms with van der Waals surface area (Å²) in [4.78, 5) is 0. The van der Waals surface area contributed by atoms with Crippen molar-refractivity contribution in [3.8, 4) is 0 Å². The fourth-order valence-electron chi connectivity index (χ4n) is 2.09. The summed E-state index contributed by atoms with van der Waals surface area (Å²) in [7, 11) is 0. The number of hydrogen-bond acceptors (Lipinski definition) is 1. The third kappa shape index (κ3) is 6.75. The molecule has 1 atom stereocenters. The molecule has 1 aromatic carbocycles. The Kier molecular flexibility index (Phi) is 7.66. The van der Waals surface area contributed by atoms with Crippen LogP contribution < -0.4 is 5.32 Å². The molecule has 1 N–H and O–H groups in total. The van der Waals surface area contributed by atoms with Crippen LogP contribution in [0.3, 0.4) is 0 Å². The van der Waals surface area contributed by atoms with Crippen LogP contribution in [0.1, 0.15) is 51.5 Å². The molecule has 18 heavy (non-hydrogen) atoms. The van der Waals surface area contributed by atoms with E-state index in [-0.39, 0.29) is 5.82 Å². The number of benzene rings is 1. The Labute approximate surface area is 111 Å². The average Bonchev–Trinajstić information content (AvgIpc) is 2.37. The topological polar surface area (TPSA) is 12.0 Å². The zero-order valence-corrected chi connectivity index (χ0v) is 11.7. The van der Waals surface area contributed by atoms with Crippen molar-refractivity contribution in [2.45, 2.75) is 58.4 Å². The first-order valence-corrected chi connectivity index (χ1v) is 7.20. The Morgan fingerprint density at radius 3 is 2.50 bits per heavy atom. The maximum atomic E-state index is 12.7. The van der Waals surface area contributed by atoms with Gasteiger partial charge in [0.2, 0.25) is 0 Å². The molecule has 1 aromatic rings. The van der Waals surface area contributed by atoms with Gasteiger partial charge in [-0.2, -0.15) is 0 Å². The molecule has 0 amide bonds. The Morgan fingerprint density at radius 1 is 1.11 bits per heavy atom. The number of halogens is 1. The van der Waals surface area contributed by atoms with Crippen LogP contribution >= 0.6 is 0 Å². The van der Waals surface area contributed by atoms with Gasteiger partial charge in [0, 0.05) is 6.04 Å². The van der Waals surface area contributed by atoms with Crippen LogP contribution in [-0.2, 0) is 6.42 Å². The van der Waals surface area contributed by atoms with Crippen LogP contribution in [0.25, 0.3) is 0 Å². The molecule has 0 spiro atoms. The normalized spacial score (nSPS) is 12.6. The minimum atomic E-state index is -0.156. The molecule has 0 radical (unpaired) electrons. The summed E-state index contributed by atoms with van der Waals surface area (Å²) >= 11 is 0. The molecule has 0 aliphatic rings. The molecule has 0 saturated heterocycles. The van der Waals surface area contributed by atoms with Crippen LogP contribution in [-0.4, -0.2) is 12.6 Å². The largest absolute Gasteiger partial charge is 0.314 e. The van der Waals surface area contributed by atoms with Crippen molar-refractivity contribution < 1.29 is 4.39 Å². The molecular formula is C16H26FN. The smallest absolute Gasteiger partial charge is 0.123 e. The number of nitrogens with one attached hydrogen (secondary N) is 1. The standard InChI is InChI=1S/C16H26FN/c1-3-4-5-6-7-14(2)18-13-12-15-8-10-16(17)11-9-15/h8-11,14,18H,3-7,12-13H2,1-2H3. The summed E-state index contributed by atoms with van der Waals surface area (Å²) in [5.41, 5.74) is 1.20. The highest BCUT2D eigenvalue weighted by molar-refractivity contribution is 5.16. The van der Waals surface area contributed by atoms with Gasteiger partial charge in [0.25, 0.3) is 0 Å². The van der Waals surface area contributed by atoms with Crippen molar-refractivity contribution in [3.05, 3.63) is 35.6 Å². The molecule has 0 heterocycles. The van der Waals surface area contributed by atoms with Gasteiger partial charge >= 0.3 is 0 Å². The first-order chi connectivity index (χ1) is 8.72. The second-order valence-corrected chi connectivity index (χ2v) is 5.08. The molecule has 0 fully saturated rings. The van der Waals surface area contributed by atoms with E-state index in [2.05, 4.69) is 19.2 Å². The number of rotatable bonds is 9. The molecular weight excluding hydrogens is 225 g/mol. The summed E-state index contributed by atoms with van der Waals surface area (Å²) < 4.78 is 12.7. The number of hydrogen-bond donors (Lipinski definition) is 1.